The smallest absolute Gasteiger partial charge is 0.315 e. The van der Waals surface area contributed by atoms with E-state index in [1.54, 1.807) is 0 Å². The standard InChI is InChI=1S/C13H26N2O3/c1-5-10(6-7-11(16)17)8-9-14-12(18)15-13(2,3)4/h10H,5-9H2,1-4H3,(H,16,17)(H2,14,15,18). The van der Waals surface area contributed by atoms with Gasteiger partial charge in [0.1, 0.15) is 0 Å². The molecule has 0 aliphatic rings. The Bertz CT molecular complexity index is 272. The minimum Gasteiger partial charge on any atom is -0.481 e. The molecule has 0 saturated heterocycles. The lowest BCUT2D eigenvalue weighted by atomic mass is 9.97. The summed E-state index contributed by atoms with van der Waals surface area (Å²) in [7, 11) is 0. The van der Waals surface area contributed by atoms with E-state index in [9.17, 15) is 9.59 Å². The van der Waals surface area contributed by atoms with Crippen LogP contribution in [0.4, 0.5) is 4.79 Å². The fraction of sp³-hybridized carbons (Fsp3) is 0.846. The van der Waals surface area contributed by atoms with E-state index >= 15 is 0 Å². The van der Waals surface area contributed by atoms with Crippen LogP contribution in [0.5, 0.6) is 0 Å². The molecule has 18 heavy (non-hydrogen) atoms. The minimum absolute atomic E-state index is 0.171. The number of carbonyl (C=O) groups excluding carboxylic acids is 1. The van der Waals surface area contributed by atoms with Gasteiger partial charge in [0.2, 0.25) is 0 Å². The number of amides is 2. The summed E-state index contributed by atoms with van der Waals surface area (Å²) in [5, 5.41) is 14.2. The van der Waals surface area contributed by atoms with Gasteiger partial charge in [-0.05, 0) is 39.5 Å². The second-order valence-electron chi connectivity index (χ2n) is 5.63. The summed E-state index contributed by atoms with van der Waals surface area (Å²) in [5.41, 5.74) is -0.239. The summed E-state index contributed by atoms with van der Waals surface area (Å²) in [5.74, 6) is -0.400. The number of hydrogen-bond donors (Lipinski definition) is 3. The maximum absolute atomic E-state index is 11.5. The Kier molecular flexibility index (Phi) is 7.39. The highest BCUT2D eigenvalue weighted by Gasteiger charge is 2.14. The molecule has 0 aromatic carbocycles. The first-order valence-electron chi connectivity index (χ1n) is 6.52. The zero-order valence-electron chi connectivity index (χ0n) is 11.9. The third-order valence-corrected chi connectivity index (χ3v) is 2.67. The molecule has 106 valence electrons. The molecule has 0 spiro atoms. The van der Waals surface area contributed by atoms with Crippen LogP contribution < -0.4 is 10.6 Å². The van der Waals surface area contributed by atoms with Gasteiger partial charge >= 0.3 is 12.0 Å². The lowest BCUT2D eigenvalue weighted by Gasteiger charge is -2.21. The zero-order chi connectivity index (χ0) is 14.2. The number of carboxylic acid groups (broad SMARTS) is 1. The Morgan fingerprint density at radius 1 is 1.22 bits per heavy atom. The molecule has 5 heteroatoms. The van der Waals surface area contributed by atoms with E-state index < -0.39 is 5.97 Å². The van der Waals surface area contributed by atoms with E-state index in [0.717, 1.165) is 12.8 Å². The monoisotopic (exact) mass is 258 g/mol. The molecular formula is C13H26N2O3. The number of urea groups is 1. The van der Waals surface area contributed by atoms with Crippen molar-refractivity contribution in [3.8, 4) is 0 Å². The van der Waals surface area contributed by atoms with Crippen LogP contribution in [-0.4, -0.2) is 29.2 Å². The molecule has 0 rings (SSSR count). The van der Waals surface area contributed by atoms with Crippen LogP contribution in [0.2, 0.25) is 0 Å². The Morgan fingerprint density at radius 2 is 1.83 bits per heavy atom. The second-order valence-corrected chi connectivity index (χ2v) is 5.63. The molecule has 1 unspecified atom stereocenters. The van der Waals surface area contributed by atoms with Crippen molar-refractivity contribution < 1.29 is 14.7 Å². The lowest BCUT2D eigenvalue weighted by Crippen LogP contribution is -2.46. The first-order valence-corrected chi connectivity index (χ1v) is 6.52. The van der Waals surface area contributed by atoms with Crippen molar-refractivity contribution in [3.05, 3.63) is 0 Å². The summed E-state index contributed by atoms with van der Waals surface area (Å²) >= 11 is 0. The van der Waals surface area contributed by atoms with Crippen LogP contribution in [0, 0.1) is 5.92 Å². The molecule has 0 saturated carbocycles. The number of nitrogens with one attached hydrogen (secondary N) is 2. The van der Waals surface area contributed by atoms with E-state index in [4.69, 9.17) is 5.11 Å². The van der Waals surface area contributed by atoms with Gasteiger partial charge in [-0.1, -0.05) is 13.3 Å². The molecule has 0 radical (unpaired) electrons. The average Bonchev–Trinajstić information content (AvgIpc) is 2.20. The van der Waals surface area contributed by atoms with Gasteiger partial charge in [0, 0.05) is 18.5 Å². The molecular weight excluding hydrogens is 232 g/mol. The van der Waals surface area contributed by atoms with Gasteiger partial charge in [0.25, 0.3) is 0 Å². The lowest BCUT2D eigenvalue weighted by molar-refractivity contribution is -0.137. The molecule has 0 bridgehead atoms. The van der Waals surface area contributed by atoms with Crippen molar-refractivity contribution in [2.45, 2.75) is 58.9 Å². The van der Waals surface area contributed by atoms with Crippen LogP contribution in [-0.2, 0) is 4.79 Å². The summed E-state index contributed by atoms with van der Waals surface area (Å²) in [6, 6.07) is -0.171. The highest BCUT2D eigenvalue weighted by molar-refractivity contribution is 5.74. The third kappa shape index (κ3) is 9.93. The number of hydrogen-bond acceptors (Lipinski definition) is 2. The Morgan fingerprint density at radius 3 is 2.28 bits per heavy atom. The SMILES string of the molecule is CCC(CCNC(=O)NC(C)(C)C)CCC(=O)O. The highest BCUT2D eigenvalue weighted by atomic mass is 16.4. The van der Waals surface area contributed by atoms with Gasteiger partial charge in [0.15, 0.2) is 0 Å². The molecule has 1 atom stereocenters. The van der Waals surface area contributed by atoms with Crippen molar-refractivity contribution >= 4 is 12.0 Å². The number of carbonyl (C=O) groups is 2. The van der Waals surface area contributed by atoms with Crippen molar-refractivity contribution in [3.63, 3.8) is 0 Å². The Hall–Kier alpha value is -1.26. The van der Waals surface area contributed by atoms with E-state index in [0.29, 0.717) is 18.9 Å². The second kappa shape index (κ2) is 7.95. The summed E-state index contributed by atoms with van der Waals surface area (Å²) in [4.78, 5) is 22.0. The largest absolute Gasteiger partial charge is 0.481 e. The van der Waals surface area contributed by atoms with Gasteiger partial charge in [-0.3, -0.25) is 4.79 Å². The zero-order valence-corrected chi connectivity index (χ0v) is 11.9. The third-order valence-electron chi connectivity index (χ3n) is 2.67. The van der Waals surface area contributed by atoms with Crippen molar-refractivity contribution in [1.82, 2.24) is 10.6 Å². The van der Waals surface area contributed by atoms with Gasteiger partial charge in [-0.2, -0.15) is 0 Å². The van der Waals surface area contributed by atoms with Crippen molar-refractivity contribution in [1.29, 1.82) is 0 Å². The predicted octanol–water partition coefficient (Wildman–Crippen LogP) is 2.37. The maximum atomic E-state index is 11.5. The number of aliphatic carboxylic acids is 1. The average molecular weight is 258 g/mol. The molecule has 0 aromatic heterocycles. The highest BCUT2D eigenvalue weighted by Crippen LogP contribution is 2.14. The van der Waals surface area contributed by atoms with Crippen LogP contribution in [0.3, 0.4) is 0 Å². The van der Waals surface area contributed by atoms with E-state index in [2.05, 4.69) is 10.6 Å². The van der Waals surface area contributed by atoms with Crippen LogP contribution >= 0.6 is 0 Å². The van der Waals surface area contributed by atoms with Crippen LogP contribution in [0.1, 0.15) is 53.4 Å². The fourth-order valence-corrected chi connectivity index (χ4v) is 1.65. The molecule has 2 amide bonds. The molecule has 0 heterocycles. The first-order chi connectivity index (χ1) is 8.24. The molecule has 5 nitrogen and oxygen atoms in total. The molecule has 3 N–H and O–H groups in total. The Labute approximate surface area is 109 Å². The number of carboxylic acids is 1. The van der Waals surface area contributed by atoms with Gasteiger partial charge in [-0.25, -0.2) is 4.79 Å². The topological polar surface area (TPSA) is 78.4 Å². The maximum Gasteiger partial charge on any atom is 0.315 e. The van der Waals surface area contributed by atoms with Crippen LogP contribution in [0.25, 0.3) is 0 Å². The number of rotatable bonds is 7. The predicted molar refractivity (Wildman–Crippen MR) is 71.6 cm³/mol. The van der Waals surface area contributed by atoms with Gasteiger partial charge in [0.05, 0.1) is 0 Å². The molecule has 0 fully saturated rings. The summed E-state index contributed by atoms with van der Waals surface area (Å²) < 4.78 is 0. The van der Waals surface area contributed by atoms with Gasteiger partial charge in [-0.15, -0.1) is 0 Å². The molecule has 0 aromatic rings. The first kappa shape index (κ1) is 16.7. The molecule has 0 aliphatic carbocycles. The molecule has 0 aliphatic heterocycles. The van der Waals surface area contributed by atoms with Crippen molar-refractivity contribution in [2.24, 2.45) is 5.92 Å². The normalized spacial score (nSPS) is 12.9. The quantitative estimate of drug-likeness (QED) is 0.656. The van der Waals surface area contributed by atoms with E-state index in [1.807, 2.05) is 27.7 Å². The summed E-state index contributed by atoms with van der Waals surface area (Å²) in [6.45, 7) is 8.40. The van der Waals surface area contributed by atoms with Gasteiger partial charge < -0.3 is 15.7 Å². The Balaban J connectivity index is 3.80. The minimum atomic E-state index is -0.758. The van der Waals surface area contributed by atoms with Crippen LogP contribution in [0.15, 0.2) is 0 Å². The van der Waals surface area contributed by atoms with E-state index in [1.165, 1.54) is 0 Å². The van der Waals surface area contributed by atoms with E-state index in [-0.39, 0.29) is 18.0 Å². The van der Waals surface area contributed by atoms with Crippen molar-refractivity contribution in [2.75, 3.05) is 6.54 Å². The fourth-order valence-electron chi connectivity index (χ4n) is 1.65. The summed E-state index contributed by atoms with van der Waals surface area (Å²) in [6.07, 6.45) is 2.64.